The maximum Gasteiger partial charge on any atom is 0.460 e. The molecule has 1 unspecified atom stereocenters. The zero-order chi connectivity index (χ0) is 21.5. The highest BCUT2D eigenvalue weighted by atomic mass is 19.4. The molecule has 0 aromatic heterocycles. The molecule has 0 heterocycles. The normalized spacial score (nSPS) is 15.7. The Hall–Kier alpha value is -1.86. The number of aromatic hydroxyl groups is 1. The van der Waals surface area contributed by atoms with Crippen molar-refractivity contribution in [3.05, 3.63) is 29.8 Å². The number of phenolic OH excluding ortho intramolecular Hbond substituents is 1. The summed E-state index contributed by atoms with van der Waals surface area (Å²) in [6.07, 6.45) is -16.4. The third kappa shape index (κ3) is 4.52. The van der Waals surface area contributed by atoms with Gasteiger partial charge in [0.25, 0.3) is 0 Å². The first-order valence-electron chi connectivity index (χ1n) is 6.52. The minimum Gasteiger partial charge on any atom is -0.508 e. The van der Waals surface area contributed by atoms with Gasteiger partial charge in [0, 0.05) is 0 Å². The lowest BCUT2D eigenvalue weighted by atomic mass is 9.94. The SMILES string of the molecule is Oc1ccc(C(OCC(F)(F)F)C(F)(F)C(F)(F)C(F)(F)C(F)(F)F)cc1. The van der Waals surface area contributed by atoms with E-state index in [4.69, 9.17) is 5.11 Å². The summed E-state index contributed by atoms with van der Waals surface area (Å²) in [6, 6.07) is 1.59. The molecule has 14 heteroatoms. The number of halogens is 12. The molecular formula is C13H8F12O2. The molecule has 1 N–H and O–H groups in total. The number of hydrogen-bond donors (Lipinski definition) is 1. The molecule has 1 aromatic rings. The van der Waals surface area contributed by atoms with Crippen LogP contribution in [0.2, 0.25) is 0 Å². The largest absolute Gasteiger partial charge is 0.508 e. The number of benzene rings is 1. The van der Waals surface area contributed by atoms with Crippen molar-refractivity contribution in [1.82, 2.24) is 0 Å². The van der Waals surface area contributed by atoms with E-state index in [9.17, 15) is 52.7 Å². The van der Waals surface area contributed by atoms with E-state index in [0.717, 1.165) is 0 Å². The van der Waals surface area contributed by atoms with Crippen LogP contribution in [-0.4, -0.2) is 41.8 Å². The van der Waals surface area contributed by atoms with Gasteiger partial charge in [-0.1, -0.05) is 12.1 Å². The van der Waals surface area contributed by atoms with Crippen LogP contribution in [0.1, 0.15) is 11.7 Å². The highest BCUT2D eigenvalue weighted by Gasteiger charge is 2.83. The van der Waals surface area contributed by atoms with Gasteiger partial charge in [0.2, 0.25) is 0 Å². The maximum absolute atomic E-state index is 14.0. The fourth-order valence-corrected chi connectivity index (χ4v) is 1.79. The minimum atomic E-state index is -7.29. The van der Waals surface area contributed by atoms with E-state index in [-0.39, 0.29) is 0 Å². The number of ether oxygens (including phenoxy) is 1. The summed E-state index contributed by atoms with van der Waals surface area (Å²) in [5.74, 6) is -21.6. The number of phenols is 1. The lowest BCUT2D eigenvalue weighted by Crippen LogP contribution is -2.62. The van der Waals surface area contributed by atoms with E-state index in [2.05, 4.69) is 4.74 Å². The zero-order valence-corrected chi connectivity index (χ0v) is 12.5. The van der Waals surface area contributed by atoms with Gasteiger partial charge in [-0.3, -0.25) is 0 Å². The van der Waals surface area contributed by atoms with Gasteiger partial charge in [0.1, 0.15) is 12.4 Å². The second-order valence-corrected chi connectivity index (χ2v) is 5.17. The molecule has 1 atom stereocenters. The molecule has 1 aromatic carbocycles. The Bertz CT molecular complexity index is 632. The molecule has 0 bridgehead atoms. The van der Waals surface area contributed by atoms with Crippen molar-refractivity contribution in [3.8, 4) is 5.75 Å². The summed E-state index contributed by atoms with van der Waals surface area (Å²) >= 11 is 0. The van der Waals surface area contributed by atoms with Crippen LogP contribution in [0.3, 0.4) is 0 Å². The molecule has 0 aliphatic heterocycles. The smallest absolute Gasteiger partial charge is 0.460 e. The van der Waals surface area contributed by atoms with Crippen LogP contribution in [0, 0.1) is 0 Å². The summed E-state index contributed by atoms with van der Waals surface area (Å²) in [6.45, 7) is -2.65. The molecule has 27 heavy (non-hydrogen) atoms. The van der Waals surface area contributed by atoms with Crippen LogP contribution in [0.5, 0.6) is 5.75 Å². The summed E-state index contributed by atoms with van der Waals surface area (Å²) < 4.78 is 157. The first-order chi connectivity index (χ1) is 11.8. The third-order valence-corrected chi connectivity index (χ3v) is 3.11. The van der Waals surface area contributed by atoms with Crippen LogP contribution >= 0.6 is 0 Å². The second-order valence-electron chi connectivity index (χ2n) is 5.17. The fourth-order valence-electron chi connectivity index (χ4n) is 1.79. The van der Waals surface area contributed by atoms with Crippen LogP contribution in [-0.2, 0) is 4.74 Å². The number of alkyl halides is 12. The van der Waals surface area contributed by atoms with E-state index in [1.807, 2.05) is 0 Å². The average Bonchev–Trinajstić information content (AvgIpc) is 2.46. The first-order valence-corrected chi connectivity index (χ1v) is 6.52. The van der Waals surface area contributed by atoms with E-state index in [1.165, 1.54) is 0 Å². The Morgan fingerprint density at radius 3 is 1.56 bits per heavy atom. The molecule has 0 saturated heterocycles. The van der Waals surface area contributed by atoms with Gasteiger partial charge >= 0.3 is 30.1 Å². The van der Waals surface area contributed by atoms with E-state index in [1.54, 1.807) is 0 Å². The van der Waals surface area contributed by atoms with Crippen molar-refractivity contribution in [2.75, 3.05) is 6.61 Å². The van der Waals surface area contributed by atoms with Crippen LogP contribution in [0.25, 0.3) is 0 Å². The summed E-state index contributed by atoms with van der Waals surface area (Å²) in [7, 11) is 0. The van der Waals surface area contributed by atoms with Crippen molar-refractivity contribution < 1.29 is 62.5 Å². The summed E-state index contributed by atoms with van der Waals surface area (Å²) in [5, 5.41) is 8.97. The van der Waals surface area contributed by atoms with E-state index in [0.29, 0.717) is 24.3 Å². The molecule has 0 aliphatic rings. The molecular weight excluding hydrogens is 416 g/mol. The Morgan fingerprint density at radius 1 is 0.741 bits per heavy atom. The maximum atomic E-state index is 14.0. The Labute approximate surface area is 142 Å². The zero-order valence-electron chi connectivity index (χ0n) is 12.5. The van der Waals surface area contributed by atoms with E-state index >= 15 is 0 Å². The molecule has 0 amide bonds. The van der Waals surface area contributed by atoms with Gasteiger partial charge in [0.05, 0.1) is 0 Å². The third-order valence-electron chi connectivity index (χ3n) is 3.11. The molecule has 0 spiro atoms. The lowest BCUT2D eigenvalue weighted by Gasteiger charge is -2.37. The molecule has 0 saturated carbocycles. The van der Waals surface area contributed by atoms with Crippen LogP contribution in [0.4, 0.5) is 52.7 Å². The van der Waals surface area contributed by atoms with Gasteiger partial charge in [-0.25, -0.2) is 0 Å². The molecule has 0 fully saturated rings. The summed E-state index contributed by atoms with van der Waals surface area (Å²) in [5.41, 5.74) is -1.31. The molecule has 0 radical (unpaired) electrons. The van der Waals surface area contributed by atoms with Crippen molar-refractivity contribution in [1.29, 1.82) is 0 Å². The Balaban J connectivity index is 3.46. The quantitative estimate of drug-likeness (QED) is 0.613. The molecule has 2 nitrogen and oxygen atoms in total. The van der Waals surface area contributed by atoms with Crippen molar-refractivity contribution in [2.24, 2.45) is 0 Å². The fraction of sp³-hybridized carbons (Fsp3) is 0.538. The van der Waals surface area contributed by atoms with Gasteiger partial charge in [-0.05, 0) is 17.7 Å². The number of hydrogen-bond acceptors (Lipinski definition) is 2. The van der Waals surface area contributed by atoms with Crippen molar-refractivity contribution in [3.63, 3.8) is 0 Å². The summed E-state index contributed by atoms with van der Waals surface area (Å²) in [4.78, 5) is 0. The highest BCUT2D eigenvalue weighted by Crippen LogP contribution is 2.57. The predicted octanol–water partition coefficient (Wildman–Crippen LogP) is 5.48. The minimum absolute atomic E-state index is 0.298. The van der Waals surface area contributed by atoms with Crippen LogP contribution < -0.4 is 0 Å². The van der Waals surface area contributed by atoms with Gasteiger partial charge in [0.15, 0.2) is 6.10 Å². The van der Waals surface area contributed by atoms with Crippen molar-refractivity contribution >= 4 is 0 Å². The topological polar surface area (TPSA) is 29.5 Å². The van der Waals surface area contributed by atoms with Crippen molar-refractivity contribution in [2.45, 2.75) is 36.2 Å². The lowest BCUT2D eigenvalue weighted by molar-refractivity contribution is -0.410. The monoisotopic (exact) mass is 424 g/mol. The van der Waals surface area contributed by atoms with Gasteiger partial charge < -0.3 is 9.84 Å². The van der Waals surface area contributed by atoms with Gasteiger partial charge in [-0.15, -0.1) is 0 Å². The highest BCUT2D eigenvalue weighted by molar-refractivity contribution is 5.29. The predicted molar refractivity (Wildman–Crippen MR) is 63.8 cm³/mol. The number of rotatable bonds is 6. The average molecular weight is 424 g/mol. The molecule has 156 valence electrons. The Kier molecular flexibility index (Phi) is 5.96. The molecule has 1 rings (SSSR count). The van der Waals surface area contributed by atoms with E-state index < -0.39 is 54.1 Å². The molecule has 0 aliphatic carbocycles. The Morgan fingerprint density at radius 2 is 1.19 bits per heavy atom. The van der Waals surface area contributed by atoms with Gasteiger partial charge in [-0.2, -0.15) is 52.7 Å². The first kappa shape index (κ1) is 23.2. The van der Waals surface area contributed by atoms with Crippen LogP contribution in [0.15, 0.2) is 24.3 Å². The standard InChI is InChI=1S/C13H8F12O2/c14-9(15,16)5-27-8(6-1-3-7(26)4-2-6)10(17,18)11(19,20)12(21,22)13(23,24)25/h1-4,8,26H,5H2. The second kappa shape index (κ2) is 6.95.